The normalized spacial score (nSPS) is 14.6. The van der Waals surface area contributed by atoms with Crippen molar-refractivity contribution >= 4 is 5.91 Å². The van der Waals surface area contributed by atoms with E-state index in [1.54, 1.807) is 12.1 Å². The maximum atomic E-state index is 12.3. The van der Waals surface area contributed by atoms with Gasteiger partial charge in [-0.25, -0.2) is 0 Å². The standard InChI is InChI=1S/C25H25N5O4/c1-3-32-20-11-17(23-18(12-26)24(27)34-25-22(23)15(2)29-30-25)9-10-19(20)33-14-21(31)28-13-16-7-5-4-6-8-16/h4-11,23H,3,13-14,27H2,1-2H3,(H,28,31)(H,29,30). The van der Waals surface area contributed by atoms with Crippen LogP contribution in [0, 0.1) is 18.3 Å². The lowest BCUT2D eigenvalue weighted by molar-refractivity contribution is -0.123. The summed E-state index contributed by atoms with van der Waals surface area (Å²) in [6, 6.07) is 17.1. The summed E-state index contributed by atoms with van der Waals surface area (Å²) in [7, 11) is 0. The molecule has 2 aromatic carbocycles. The number of nitrogens with one attached hydrogen (secondary N) is 2. The van der Waals surface area contributed by atoms with Crippen LogP contribution in [0.5, 0.6) is 17.4 Å². The lowest BCUT2D eigenvalue weighted by atomic mass is 9.84. The van der Waals surface area contributed by atoms with E-state index in [1.807, 2.05) is 50.2 Å². The van der Waals surface area contributed by atoms with Gasteiger partial charge in [0.1, 0.15) is 11.6 Å². The Balaban J connectivity index is 1.54. The lowest BCUT2D eigenvalue weighted by Crippen LogP contribution is -2.28. The maximum absolute atomic E-state index is 12.3. The van der Waals surface area contributed by atoms with E-state index >= 15 is 0 Å². The number of nitriles is 1. The number of fused-ring (bicyclic) bond motifs is 1. The quantitative estimate of drug-likeness (QED) is 0.471. The summed E-state index contributed by atoms with van der Waals surface area (Å²) in [5.41, 5.74) is 9.56. The molecular formula is C25H25N5O4. The van der Waals surface area contributed by atoms with Crippen LogP contribution in [0.15, 0.2) is 60.0 Å². The monoisotopic (exact) mass is 459 g/mol. The maximum Gasteiger partial charge on any atom is 0.258 e. The van der Waals surface area contributed by atoms with Crippen LogP contribution in [0.2, 0.25) is 0 Å². The van der Waals surface area contributed by atoms with Crippen LogP contribution in [-0.2, 0) is 11.3 Å². The average molecular weight is 460 g/mol. The average Bonchev–Trinajstić information content (AvgIpc) is 3.21. The second-order valence-corrected chi connectivity index (χ2v) is 7.68. The number of rotatable bonds is 8. The topological polar surface area (TPSA) is 135 Å². The Bertz CT molecular complexity index is 1260. The molecule has 0 radical (unpaired) electrons. The molecule has 0 spiro atoms. The third kappa shape index (κ3) is 4.66. The molecule has 3 aromatic rings. The van der Waals surface area contributed by atoms with Crippen LogP contribution >= 0.6 is 0 Å². The Hall–Kier alpha value is -4.45. The minimum absolute atomic E-state index is 0.0138. The van der Waals surface area contributed by atoms with Crippen molar-refractivity contribution in [3.63, 3.8) is 0 Å². The van der Waals surface area contributed by atoms with Crippen LogP contribution < -0.4 is 25.3 Å². The Morgan fingerprint density at radius 2 is 2.03 bits per heavy atom. The van der Waals surface area contributed by atoms with E-state index in [0.29, 0.717) is 30.5 Å². The number of nitrogens with zero attached hydrogens (tertiary/aromatic N) is 2. The number of allylic oxidation sites excluding steroid dienone is 1. The summed E-state index contributed by atoms with van der Waals surface area (Å²) in [5.74, 6) is 0.510. The van der Waals surface area contributed by atoms with Crippen LogP contribution in [0.4, 0.5) is 0 Å². The summed E-state index contributed by atoms with van der Waals surface area (Å²) >= 11 is 0. The molecule has 9 nitrogen and oxygen atoms in total. The molecular weight excluding hydrogens is 434 g/mol. The number of aryl methyl sites for hydroxylation is 1. The van der Waals surface area contributed by atoms with Crippen molar-refractivity contribution in [3.05, 3.63) is 82.4 Å². The van der Waals surface area contributed by atoms with Crippen LogP contribution in [0.1, 0.15) is 35.2 Å². The van der Waals surface area contributed by atoms with Gasteiger partial charge in [-0.2, -0.15) is 5.26 Å². The van der Waals surface area contributed by atoms with Crippen LogP contribution in [-0.4, -0.2) is 29.3 Å². The van der Waals surface area contributed by atoms with E-state index in [4.69, 9.17) is 19.9 Å². The predicted molar refractivity (Wildman–Crippen MR) is 124 cm³/mol. The van der Waals surface area contributed by atoms with E-state index in [0.717, 1.165) is 22.4 Å². The largest absolute Gasteiger partial charge is 0.490 e. The zero-order valence-electron chi connectivity index (χ0n) is 18.9. The summed E-state index contributed by atoms with van der Waals surface area (Å²) in [6.45, 7) is 4.36. The first-order valence-corrected chi connectivity index (χ1v) is 10.8. The van der Waals surface area contributed by atoms with Crippen molar-refractivity contribution in [1.82, 2.24) is 15.5 Å². The van der Waals surface area contributed by atoms with Gasteiger partial charge in [0.05, 0.1) is 12.5 Å². The van der Waals surface area contributed by atoms with Gasteiger partial charge in [0.2, 0.25) is 11.8 Å². The third-order valence-electron chi connectivity index (χ3n) is 5.42. The molecule has 174 valence electrons. The molecule has 34 heavy (non-hydrogen) atoms. The second-order valence-electron chi connectivity index (χ2n) is 7.68. The first-order chi connectivity index (χ1) is 16.5. The number of aromatic amines is 1. The molecule has 1 amide bonds. The van der Waals surface area contributed by atoms with Crippen molar-refractivity contribution in [2.24, 2.45) is 5.73 Å². The van der Waals surface area contributed by atoms with Crippen molar-refractivity contribution in [2.75, 3.05) is 13.2 Å². The number of hydrogen-bond acceptors (Lipinski definition) is 7. The minimum Gasteiger partial charge on any atom is -0.490 e. The lowest BCUT2D eigenvalue weighted by Gasteiger charge is -2.24. The van der Waals surface area contributed by atoms with Gasteiger partial charge < -0.3 is 25.3 Å². The molecule has 9 heteroatoms. The molecule has 0 saturated heterocycles. The van der Waals surface area contributed by atoms with Gasteiger partial charge in [0.15, 0.2) is 18.1 Å². The molecule has 0 fully saturated rings. The summed E-state index contributed by atoms with van der Waals surface area (Å²) in [4.78, 5) is 12.3. The Kier molecular flexibility index (Phi) is 6.69. The van der Waals surface area contributed by atoms with Crippen molar-refractivity contribution in [3.8, 4) is 23.4 Å². The highest BCUT2D eigenvalue weighted by Crippen LogP contribution is 2.44. The Labute approximate surface area is 197 Å². The fraction of sp³-hybridized carbons (Fsp3) is 0.240. The molecule has 4 rings (SSSR count). The number of aromatic nitrogens is 2. The number of amides is 1. The molecule has 1 unspecified atom stereocenters. The Morgan fingerprint density at radius 3 is 2.76 bits per heavy atom. The van der Waals surface area contributed by atoms with E-state index in [-0.39, 0.29) is 24.0 Å². The zero-order valence-corrected chi connectivity index (χ0v) is 18.9. The number of carbonyl (C=O) groups is 1. The van der Waals surface area contributed by atoms with E-state index < -0.39 is 5.92 Å². The van der Waals surface area contributed by atoms with Gasteiger partial charge in [0, 0.05) is 17.8 Å². The van der Waals surface area contributed by atoms with E-state index in [2.05, 4.69) is 21.6 Å². The molecule has 2 heterocycles. The molecule has 0 aliphatic carbocycles. The van der Waals surface area contributed by atoms with Gasteiger partial charge in [-0.3, -0.25) is 9.89 Å². The molecule has 1 aliphatic heterocycles. The first-order valence-electron chi connectivity index (χ1n) is 10.8. The summed E-state index contributed by atoms with van der Waals surface area (Å²) < 4.78 is 17.1. The smallest absolute Gasteiger partial charge is 0.258 e. The van der Waals surface area contributed by atoms with Gasteiger partial charge in [-0.1, -0.05) is 36.4 Å². The Morgan fingerprint density at radius 1 is 1.24 bits per heavy atom. The van der Waals surface area contributed by atoms with Crippen molar-refractivity contribution in [2.45, 2.75) is 26.3 Å². The number of H-pyrrole nitrogens is 1. The highest BCUT2D eigenvalue weighted by molar-refractivity contribution is 5.77. The molecule has 0 saturated carbocycles. The highest BCUT2D eigenvalue weighted by atomic mass is 16.5. The number of hydrogen-bond donors (Lipinski definition) is 3. The van der Waals surface area contributed by atoms with Gasteiger partial charge >= 0.3 is 0 Å². The zero-order chi connectivity index (χ0) is 24.1. The molecule has 1 atom stereocenters. The number of nitrogens with two attached hydrogens (primary N) is 1. The second kappa shape index (κ2) is 10.0. The fourth-order valence-corrected chi connectivity index (χ4v) is 3.81. The van der Waals surface area contributed by atoms with E-state index in [9.17, 15) is 10.1 Å². The third-order valence-corrected chi connectivity index (χ3v) is 5.42. The minimum atomic E-state index is -0.477. The summed E-state index contributed by atoms with van der Waals surface area (Å²) in [5, 5.41) is 19.6. The molecule has 4 N–H and O–H groups in total. The summed E-state index contributed by atoms with van der Waals surface area (Å²) in [6.07, 6.45) is 0. The van der Waals surface area contributed by atoms with E-state index in [1.165, 1.54) is 0 Å². The fourth-order valence-electron chi connectivity index (χ4n) is 3.81. The van der Waals surface area contributed by atoms with Gasteiger partial charge in [-0.15, -0.1) is 5.10 Å². The predicted octanol–water partition coefficient (Wildman–Crippen LogP) is 3.03. The first kappa shape index (κ1) is 22.7. The number of carbonyl (C=O) groups excluding carboxylic acids is 1. The SMILES string of the molecule is CCOc1cc(C2C(C#N)=C(N)Oc3n[nH]c(C)c32)ccc1OCC(=O)NCc1ccccc1. The van der Waals surface area contributed by atoms with Crippen LogP contribution in [0.3, 0.4) is 0 Å². The van der Waals surface area contributed by atoms with Gasteiger partial charge in [0.25, 0.3) is 5.91 Å². The number of benzene rings is 2. The van der Waals surface area contributed by atoms with Crippen molar-refractivity contribution < 1.29 is 19.0 Å². The van der Waals surface area contributed by atoms with Crippen molar-refractivity contribution in [1.29, 1.82) is 5.26 Å². The molecule has 1 aromatic heterocycles. The molecule has 1 aliphatic rings. The van der Waals surface area contributed by atoms with Gasteiger partial charge in [-0.05, 0) is 37.1 Å². The number of ether oxygens (including phenoxy) is 3. The van der Waals surface area contributed by atoms with Crippen LogP contribution in [0.25, 0.3) is 0 Å². The molecule has 0 bridgehead atoms. The highest BCUT2D eigenvalue weighted by Gasteiger charge is 2.34.